The van der Waals surface area contributed by atoms with Gasteiger partial charge in [0.2, 0.25) is 0 Å². The van der Waals surface area contributed by atoms with E-state index in [1.165, 1.54) is 10.8 Å². The van der Waals surface area contributed by atoms with Gasteiger partial charge in [-0.3, -0.25) is 0 Å². The van der Waals surface area contributed by atoms with Gasteiger partial charge in [0.15, 0.2) is 5.82 Å². The fraction of sp³-hybridized carbons (Fsp3) is 0.667. The zero-order chi connectivity index (χ0) is 10.6. The van der Waals surface area contributed by atoms with E-state index in [0.29, 0.717) is 5.69 Å². The Hall–Kier alpha value is -0.970. The van der Waals surface area contributed by atoms with Gasteiger partial charge in [0.25, 0.3) is 0 Å². The molecule has 1 saturated carbocycles. The molecule has 0 bridgehead atoms. The smallest absolute Gasteiger partial charge is 0.302 e. The number of nitrogens with zero attached hydrogens (tertiary/aromatic N) is 2. The predicted octanol–water partition coefficient (Wildman–Crippen LogP) is 1.48. The summed E-state index contributed by atoms with van der Waals surface area (Å²) in [5.41, 5.74) is 6.21. The Morgan fingerprint density at radius 1 is 1.57 bits per heavy atom. The summed E-state index contributed by atoms with van der Waals surface area (Å²) in [7, 11) is 1.59. The van der Waals surface area contributed by atoms with Gasteiger partial charge >= 0.3 is 5.92 Å². The first kappa shape index (κ1) is 9.58. The molecule has 0 radical (unpaired) electrons. The summed E-state index contributed by atoms with van der Waals surface area (Å²) >= 11 is 0. The molecule has 5 heteroatoms. The highest BCUT2D eigenvalue weighted by molar-refractivity contribution is 5.23. The molecule has 1 aromatic rings. The second-order valence-electron chi connectivity index (χ2n) is 4.07. The molecule has 1 aliphatic carbocycles. The normalized spacial score (nSPS) is 19.8. The molecule has 1 aromatic heterocycles. The van der Waals surface area contributed by atoms with E-state index in [-0.39, 0.29) is 5.82 Å². The van der Waals surface area contributed by atoms with Gasteiger partial charge < -0.3 is 10.3 Å². The second-order valence-corrected chi connectivity index (χ2v) is 4.07. The summed E-state index contributed by atoms with van der Waals surface area (Å²) in [5.74, 6) is -3.12. The number of nitrogens with two attached hydrogens (primary N) is 1. The van der Waals surface area contributed by atoms with Crippen molar-refractivity contribution in [2.45, 2.75) is 31.2 Å². The first-order chi connectivity index (χ1) is 6.34. The summed E-state index contributed by atoms with van der Waals surface area (Å²) in [6, 6.07) is 0. The Kier molecular flexibility index (Phi) is 1.73. The van der Waals surface area contributed by atoms with Crippen LogP contribution >= 0.6 is 0 Å². The Bertz CT molecular complexity index is 338. The van der Waals surface area contributed by atoms with Crippen molar-refractivity contribution in [2.24, 2.45) is 12.8 Å². The van der Waals surface area contributed by atoms with Crippen molar-refractivity contribution in [2.75, 3.05) is 0 Å². The Morgan fingerprint density at radius 3 is 2.50 bits per heavy atom. The van der Waals surface area contributed by atoms with Crippen LogP contribution in [0.1, 0.15) is 31.3 Å². The monoisotopic (exact) mass is 201 g/mol. The molecule has 0 unspecified atom stereocenters. The lowest BCUT2D eigenvalue weighted by molar-refractivity contribution is 0.00476. The van der Waals surface area contributed by atoms with Gasteiger partial charge in [-0.2, -0.15) is 8.78 Å². The summed E-state index contributed by atoms with van der Waals surface area (Å²) in [4.78, 5) is 3.73. The summed E-state index contributed by atoms with van der Waals surface area (Å²) in [6.45, 7) is 0.842. The lowest BCUT2D eigenvalue weighted by Gasteiger charge is -2.14. The van der Waals surface area contributed by atoms with E-state index in [2.05, 4.69) is 4.98 Å². The minimum absolute atomic E-state index is 0.218. The molecule has 0 spiro atoms. The van der Waals surface area contributed by atoms with E-state index in [4.69, 9.17) is 5.73 Å². The lowest BCUT2D eigenvalue weighted by atomic mass is 10.2. The molecule has 0 saturated heterocycles. The topological polar surface area (TPSA) is 43.8 Å². The molecule has 14 heavy (non-hydrogen) atoms. The first-order valence-corrected chi connectivity index (χ1v) is 4.54. The van der Waals surface area contributed by atoms with Crippen LogP contribution in [0.4, 0.5) is 8.78 Å². The van der Waals surface area contributed by atoms with Gasteiger partial charge in [-0.25, -0.2) is 4.98 Å². The van der Waals surface area contributed by atoms with Gasteiger partial charge in [0.05, 0.1) is 17.4 Å². The zero-order valence-corrected chi connectivity index (χ0v) is 8.22. The minimum Gasteiger partial charge on any atom is -0.328 e. The molecule has 3 nitrogen and oxygen atoms in total. The molecule has 2 rings (SSSR count). The fourth-order valence-corrected chi connectivity index (χ4v) is 1.67. The molecule has 2 N–H and O–H groups in total. The maximum atomic E-state index is 13.0. The highest BCUT2D eigenvalue weighted by Crippen LogP contribution is 2.43. The van der Waals surface area contributed by atoms with Gasteiger partial charge in [-0.05, 0) is 12.8 Å². The molecule has 0 amide bonds. The van der Waals surface area contributed by atoms with Gasteiger partial charge in [-0.1, -0.05) is 0 Å². The molecule has 1 aliphatic rings. The highest BCUT2D eigenvalue weighted by Gasteiger charge is 2.44. The van der Waals surface area contributed by atoms with Crippen LogP contribution in [0.3, 0.4) is 0 Å². The van der Waals surface area contributed by atoms with Crippen LogP contribution in [-0.4, -0.2) is 9.55 Å². The van der Waals surface area contributed by atoms with E-state index in [9.17, 15) is 8.78 Å². The number of hydrogen-bond acceptors (Lipinski definition) is 2. The van der Waals surface area contributed by atoms with E-state index in [0.717, 1.165) is 19.8 Å². The van der Waals surface area contributed by atoms with Crippen molar-refractivity contribution >= 4 is 0 Å². The first-order valence-electron chi connectivity index (χ1n) is 4.54. The number of aromatic nitrogens is 2. The van der Waals surface area contributed by atoms with E-state index in [1.54, 1.807) is 7.05 Å². The molecule has 0 atom stereocenters. The molecule has 1 heterocycles. The van der Waals surface area contributed by atoms with Crippen molar-refractivity contribution in [1.29, 1.82) is 0 Å². The molecular formula is C9H13F2N3. The second kappa shape index (κ2) is 2.53. The summed E-state index contributed by atoms with van der Waals surface area (Å²) in [5, 5.41) is 0. The minimum atomic E-state index is -2.90. The van der Waals surface area contributed by atoms with Crippen molar-refractivity contribution in [1.82, 2.24) is 9.55 Å². The number of imidazole rings is 1. The van der Waals surface area contributed by atoms with Crippen molar-refractivity contribution in [3.63, 3.8) is 0 Å². The van der Waals surface area contributed by atoms with Crippen LogP contribution in [0.2, 0.25) is 0 Å². The standard InChI is InChI=1S/C9H13F2N3/c1-8(10,11)7-13-5-6(14(7)2)9(12)3-4-9/h5H,3-4,12H2,1-2H3. The van der Waals surface area contributed by atoms with Crippen LogP contribution in [0.5, 0.6) is 0 Å². The largest absolute Gasteiger partial charge is 0.328 e. The quantitative estimate of drug-likeness (QED) is 0.787. The van der Waals surface area contributed by atoms with E-state index >= 15 is 0 Å². The maximum Gasteiger partial charge on any atom is 0.302 e. The van der Waals surface area contributed by atoms with Crippen LogP contribution in [0, 0.1) is 0 Å². The van der Waals surface area contributed by atoms with Gasteiger partial charge in [-0.15, -0.1) is 0 Å². The van der Waals surface area contributed by atoms with Gasteiger partial charge in [0.1, 0.15) is 0 Å². The number of halogens is 2. The molecular weight excluding hydrogens is 188 g/mol. The average molecular weight is 201 g/mol. The summed E-state index contributed by atoms with van der Waals surface area (Å²) < 4.78 is 27.4. The van der Waals surface area contributed by atoms with Crippen LogP contribution in [0.15, 0.2) is 6.20 Å². The molecule has 0 aromatic carbocycles. The van der Waals surface area contributed by atoms with Crippen molar-refractivity contribution < 1.29 is 8.78 Å². The van der Waals surface area contributed by atoms with Crippen molar-refractivity contribution in [3.8, 4) is 0 Å². The average Bonchev–Trinajstić information content (AvgIpc) is 2.60. The maximum absolute atomic E-state index is 13.0. The van der Waals surface area contributed by atoms with E-state index in [1.807, 2.05) is 0 Å². The third-order valence-corrected chi connectivity index (χ3v) is 2.68. The third-order valence-electron chi connectivity index (χ3n) is 2.68. The van der Waals surface area contributed by atoms with Crippen LogP contribution < -0.4 is 5.73 Å². The van der Waals surface area contributed by atoms with Crippen LogP contribution in [-0.2, 0) is 18.5 Å². The SMILES string of the molecule is Cn1c(C2(N)CC2)cnc1C(C)(F)F. The Balaban J connectivity index is 2.43. The highest BCUT2D eigenvalue weighted by atomic mass is 19.3. The number of alkyl halides is 2. The number of hydrogen-bond donors (Lipinski definition) is 1. The van der Waals surface area contributed by atoms with Gasteiger partial charge in [0, 0.05) is 14.0 Å². The van der Waals surface area contributed by atoms with Crippen LogP contribution in [0.25, 0.3) is 0 Å². The summed E-state index contributed by atoms with van der Waals surface area (Å²) in [6.07, 6.45) is 3.16. The van der Waals surface area contributed by atoms with Crippen molar-refractivity contribution in [3.05, 3.63) is 17.7 Å². The molecule has 78 valence electrons. The predicted molar refractivity (Wildman–Crippen MR) is 47.9 cm³/mol. The lowest BCUT2D eigenvalue weighted by Crippen LogP contribution is -2.24. The molecule has 0 aliphatic heterocycles. The number of rotatable bonds is 2. The fourth-order valence-electron chi connectivity index (χ4n) is 1.67. The third kappa shape index (κ3) is 1.32. The molecule has 1 fully saturated rings. The Morgan fingerprint density at radius 2 is 2.14 bits per heavy atom. The Labute approximate surface area is 80.9 Å². The van der Waals surface area contributed by atoms with E-state index < -0.39 is 11.5 Å². The zero-order valence-electron chi connectivity index (χ0n) is 8.22.